The molecule has 1 amide bonds. The maximum absolute atomic E-state index is 13.9. The summed E-state index contributed by atoms with van der Waals surface area (Å²) < 4.78 is 33.3. The first-order valence-corrected chi connectivity index (χ1v) is 9.34. The summed E-state index contributed by atoms with van der Waals surface area (Å²) >= 11 is 3.08. The lowest BCUT2D eigenvalue weighted by Crippen LogP contribution is -2.37. The lowest BCUT2D eigenvalue weighted by molar-refractivity contribution is 0.0335. The number of fused-ring (bicyclic) bond motifs is 3. The summed E-state index contributed by atoms with van der Waals surface area (Å²) in [7, 11) is 1.53. The molecule has 0 aliphatic carbocycles. The van der Waals surface area contributed by atoms with Crippen LogP contribution in [0.2, 0.25) is 0 Å². The number of nitrogens with zero attached hydrogens (tertiary/aromatic N) is 1. The molecule has 1 aliphatic heterocycles. The number of benzene rings is 1. The predicted molar refractivity (Wildman–Crippen MR) is 104 cm³/mol. The van der Waals surface area contributed by atoms with E-state index in [-0.39, 0.29) is 39.6 Å². The zero-order valence-electron chi connectivity index (χ0n) is 15.0. The van der Waals surface area contributed by atoms with E-state index in [2.05, 4.69) is 25.9 Å². The Labute approximate surface area is 170 Å². The van der Waals surface area contributed by atoms with Crippen LogP contribution in [0.5, 0.6) is 0 Å². The first kappa shape index (κ1) is 19.5. The number of ether oxygens (including phenoxy) is 1. The topological polar surface area (TPSA) is 95.3 Å². The highest BCUT2D eigenvalue weighted by Crippen LogP contribution is 2.34. The summed E-state index contributed by atoms with van der Waals surface area (Å²) in [6.07, 6.45) is 1.29. The molecule has 3 heterocycles. The summed E-state index contributed by atoms with van der Waals surface area (Å²) in [5.41, 5.74) is 0.158. The molecule has 1 aliphatic rings. The van der Waals surface area contributed by atoms with E-state index in [0.717, 1.165) is 12.1 Å². The predicted octanol–water partition coefficient (Wildman–Crippen LogP) is 2.60. The summed E-state index contributed by atoms with van der Waals surface area (Å²) in [5, 5.41) is 0.209. The highest BCUT2D eigenvalue weighted by Gasteiger charge is 2.31. The van der Waals surface area contributed by atoms with Gasteiger partial charge in [-0.15, -0.1) is 0 Å². The van der Waals surface area contributed by atoms with Crippen molar-refractivity contribution >= 4 is 32.6 Å². The van der Waals surface area contributed by atoms with Crippen molar-refractivity contribution < 1.29 is 18.3 Å². The van der Waals surface area contributed by atoms with E-state index < -0.39 is 29.1 Å². The molecule has 2 N–H and O–H groups in total. The standard InChI is InChI=1S/C19H14BrF2N3O4/c1-25(19(28)8-2-11(20)18(27)23-5-8)15-7-29-6-14-16(15)9-3-12(21)13(22)4-10(9)17(26)24-14/h2-5,15H,6-7H2,1H3,(H,23,27)(H,24,26). The molecule has 2 aromatic heterocycles. The lowest BCUT2D eigenvalue weighted by Gasteiger charge is -2.33. The third kappa shape index (κ3) is 3.28. The number of hydrogen-bond donors (Lipinski definition) is 2. The van der Waals surface area contributed by atoms with Crippen LogP contribution in [0.3, 0.4) is 0 Å². The second-order valence-electron chi connectivity index (χ2n) is 6.67. The highest BCUT2D eigenvalue weighted by molar-refractivity contribution is 9.10. The minimum atomic E-state index is -1.13. The first-order valence-electron chi connectivity index (χ1n) is 8.55. The average Bonchev–Trinajstić information content (AvgIpc) is 2.70. The molecule has 29 heavy (non-hydrogen) atoms. The summed E-state index contributed by atoms with van der Waals surface area (Å²) in [4.78, 5) is 43.2. The molecule has 150 valence electrons. The molecule has 7 nitrogen and oxygen atoms in total. The molecule has 0 spiro atoms. The average molecular weight is 466 g/mol. The molecule has 1 unspecified atom stereocenters. The van der Waals surface area contributed by atoms with E-state index in [4.69, 9.17) is 4.74 Å². The Kier molecular flexibility index (Phi) is 4.83. The highest BCUT2D eigenvalue weighted by atomic mass is 79.9. The maximum Gasteiger partial charge on any atom is 0.262 e. The number of nitrogens with one attached hydrogen (secondary N) is 2. The van der Waals surface area contributed by atoms with Gasteiger partial charge < -0.3 is 19.6 Å². The van der Waals surface area contributed by atoms with Crippen molar-refractivity contribution in [3.63, 3.8) is 0 Å². The first-order chi connectivity index (χ1) is 13.8. The number of carbonyl (C=O) groups excluding carboxylic acids is 1. The molecule has 0 radical (unpaired) electrons. The molecule has 0 saturated carbocycles. The number of aromatic amines is 2. The van der Waals surface area contributed by atoms with E-state index in [0.29, 0.717) is 11.3 Å². The Morgan fingerprint density at radius 3 is 2.55 bits per heavy atom. The number of amides is 1. The number of likely N-dealkylation sites (N-methyl/N-ethyl adjacent to an activating group) is 1. The van der Waals surface area contributed by atoms with Gasteiger partial charge >= 0.3 is 0 Å². The number of pyridine rings is 2. The van der Waals surface area contributed by atoms with Crippen LogP contribution < -0.4 is 11.1 Å². The zero-order chi connectivity index (χ0) is 20.9. The number of hydrogen-bond acceptors (Lipinski definition) is 4. The van der Waals surface area contributed by atoms with Crippen LogP contribution in [-0.4, -0.2) is 34.4 Å². The monoisotopic (exact) mass is 465 g/mol. The van der Waals surface area contributed by atoms with Crippen LogP contribution in [0, 0.1) is 11.6 Å². The number of aromatic nitrogens is 2. The summed E-state index contributed by atoms with van der Waals surface area (Å²) in [6, 6.07) is 2.53. The van der Waals surface area contributed by atoms with Gasteiger partial charge in [-0.1, -0.05) is 0 Å². The van der Waals surface area contributed by atoms with Crippen LogP contribution in [0.15, 0.2) is 38.5 Å². The quantitative estimate of drug-likeness (QED) is 0.607. The Balaban J connectivity index is 1.85. The molecule has 4 rings (SSSR count). The van der Waals surface area contributed by atoms with E-state index in [1.165, 1.54) is 24.2 Å². The second kappa shape index (κ2) is 7.20. The van der Waals surface area contributed by atoms with Gasteiger partial charge in [0.15, 0.2) is 11.6 Å². The van der Waals surface area contributed by atoms with E-state index in [1.54, 1.807) is 0 Å². The van der Waals surface area contributed by atoms with Gasteiger partial charge in [0.25, 0.3) is 17.0 Å². The van der Waals surface area contributed by atoms with Gasteiger partial charge in [0.1, 0.15) is 0 Å². The molecular formula is C19H14BrF2N3O4. The SMILES string of the molecule is CN(C(=O)c1c[nH]c(=O)c(Br)c1)C1COCc2[nH]c(=O)c3cc(F)c(F)cc3c21. The van der Waals surface area contributed by atoms with Gasteiger partial charge in [-0.3, -0.25) is 14.4 Å². The van der Waals surface area contributed by atoms with Crippen molar-refractivity contribution in [1.29, 1.82) is 0 Å². The van der Waals surface area contributed by atoms with E-state index in [1.807, 2.05) is 0 Å². The molecule has 3 aromatic rings. The van der Waals surface area contributed by atoms with E-state index >= 15 is 0 Å². The van der Waals surface area contributed by atoms with Crippen LogP contribution >= 0.6 is 15.9 Å². The molecular weight excluding hydrogens is 452 g/mol. The zero-order valence-corrected chi connectivity index (χ0v) is 16.6. The minimum Gasteiger partial charge on any atom is -0.373 e. The number of rotatable bonds is 2. The third-order valence-electron chi connectivity index (χ3n) is 4.93. The minimum absolute atomic E-state index is 0.0119. The molecule has 0 bridgehead atoms. The van der Waals surface area contributed by atoms with Crippen molar-refractivity contribution in [3.8, 4) is 0 Å². The molecule has 0 fully saturated rings. The maximum atomic E-state index is 13.9. The smallest absolute Gasteiger partial charge is 0.262 e. The van der Waals surface area contributed by atoms with Crippen molar-refractivity contribution in [2.24, 2.45) is 0 Å². The largest absolute Gasteiger partial charge is 0.373 e. The van der Waals surface area contributed by atoms with Gasteiger partial charge in [-0.2, -0.15) is 0 Å². The fraction of sp³-hybridized carbons (Fsp3) is 0.211. The van der Waals surface area contributed by atoms with Crippen LogP contribution in [0.1, 0.15) is 27.7 Å². The second-order valence-corrected chi connectivity index (χ2v) is 7.52. The van der Waals surface area contributed by atoms with Crippen LogP contribution in [-0.2, 0) is 11.3 Å². The van der Waals surface area contributed by atoms with Gasteiger partial charge in [0, 0.05) is 24.5 Å². The molecule has 10 heteroatoms. The number of carbonyl (C=O) groups is 1. The third-order valence-corrected chi connectivity index (χ3v) is 5.52. The fourth-order valence-electron chi connectivity index (χ4n) is 3.47. The molecule has 0 saturated heterocycles. The van der Waals surface area contributed by atoms with Gasteiger partial charge in [0.05, 0.1) is 34.7 Å². The molecule has 1 aromatic carbocycles. The Morgan fingerprint density at radius 2 is 1.86 bits per heavy atom. The van der Waals surface area contributed by atoms with Gasteiger partial charge in [-0.25, -0.2) is 8.78 Å². The number of H-pyrrole nitrogens is 2. The van der Waals surface area contributed by atoms with Crippen molar-refractivity contribution in [2.75, 3.05) is 13.7 Å². The Hall–Kier alpha value is -2.85. The normalized spacial score (nSPS) is 15.9. The summed E-state index contributed by atoms with van der Waals surface area (Å²) in [5.74, 6) is -2.64. The van der Waals surface area contributed by atoms with E-state index in [9.17, 15) is 23.2 Å². The van der Waals surface area contributed by atoms with Gasteiger partial charge in [-0.05, 0) is 39.5 Å². The van der Waals surface area contributed by atoms with Gasteiger partial charge in [0.2, 0.25) is 0 Å². The van der Waals surface area contributed by atoms with Crippen molar-refractivity contribution in [1.82, 2.24) is 14.9 Å². The number of halogens is 3. The van der Waals surface area contributed by atoms with Crippen LogP contribution in [0.25, 0.3) is 10.8 Å². The van der Waals surface area contributed by atoms with Crippen molar-refractivity contribution in [2.45, 2.75) is 12.6 Å². The Morgan fingerprint density at radius 1 is 1.17 bits per heavy atom. The Bertz CT molecular complexity index is 1270. The van der Waals surface area contributed by atoms with Crippen molar-refractivity contribution in [3.05, 3.63) is 78.0 Å². The van der Waals surface area contributed by atoms with Crippen LogP contribution in [0.4, 0.5) is 8.78 Å². The molecule has 1 atom stereocenters. The summed E-state index contributed by atoms with van der Waals surface area (Å²) in [6.45, 7) is 0.169. The lowest BCUT2D eigenvalue weighted by atomic mass is 9.95. The fourth-order valence-corrected chi connectivity index (χ4v) is 3.83.